The fourth-order valence-electron chi connectivity index (χ4n) is 2.29. The summed E-state index contributed by atoms with van der Waals surface area (Å²) in [7, 11) is 0. The van der Waals surface area contributed by atoms with Crippen LogP contribution in [0.3, 0.4) is 0 Å². The highest BCUT2D eigenvalue weighted by Crippen LogP contribution is 2.32. The molecule has 1 N–H and O–H groups in total. The van der Waals surface area contributed by atoms with Crippen molar-refractivity contribution < 1.29 is 4.74 Å². The average Bonchev–Trinajstić information content (AvgIpc) is 2.98. The molecule has 0 atom stereocenters. The number of thiazole rings is 1. The maximum atomic E-state index is 5.87. The lowest BCUT2D eigenvalue weighted by molar-refractivity contribution is 0.483. The Hall–Kier alpha value is -2.85. The average molecular weight is 318 g/mol. The minimum absolute atomic E-state index is 0.818. The molecule has 1 heterocycles. The van der Waals surface area contributed by atoms with Crippen LogP contribution in [-0.4, -0.2) is 4.98 Å². The molecule has 3 aromatic carbocycles. The summed E-state index contributed by atoms with van der Waals surface area (Å²) in [5, 5.41) is 4.21. The summed E-state index contributed by atoms with van der Waals surface area (Å²) < 4.78 is 6.97. The van der Waals surface area contributed by atoms with Gasteiger partial charge in [0.25, 0.3) is 0 Å². The first-order chi connectivity index (χ1) is 11.4. The van der Waals surface area contributed by atoms with E-state index in [1.807, 2.05) is 78.9 Å². The third-order valence-electron chi connectivity index (χ3n) is 3.36. The van der Waals surface area contributed by atoms with Crippen molar-refractivity contribution >= 4 is 32.4 Å². The third-order valence-corrected chi connectivity index (χ3v) is 4.30. The molecule has 0 saturated carbocycles. The van der Waals surface area contributed by atoms with Gasteiger partial charge in [0, 0.05) is 11.8 Å². The van der Waals surface area contributed by atoms with Crippen LogP contribution in [0.1, 0.15) is 0 Å². The predicted molar refractivity (Wildman–Crippen MR) is 95.9 cm³/mol. The number of hydrogen-bond acceptors (Lipinski definition) is 4. The van der Waals surface area contributed by atoms with Crippen LogP contribution in [0.5, 0.6) is 11.5 Å². The zero-order valence-electron chi connectivity index (χ0n) is 12.3. The molecule has 0 aliphatic heterocycles. The number of para-hydroxylation sites is 2. The number of nitrogens with zero attached hydrogens (tertiary/aromatic N) is 1. The number of ether oxygens (including phenoxy) is 1. The Labute approximate surface area is 138 Å². The zero-order chi connectivity index (χ0) is 15.5. The lowest BCUT2D eigenvalue weighted by atomic mass is 10.3. The van der Waals surface area contributed by atoms with Gasteiger partial charge in [0.1, 0.15) is 11.5 Å². The molecule has 4 rings (SSSR count). The first kappa shape index (κ1) is 13.8. The molecule has 0 radical (unpaired) electrons. The number of anilines is 2. The highest BCUT2D eigenvalue weighted by molar-refractivity contribution is 7.22. The van der Waals surface area contributed by atoms with Crippen molar-refractivity contribution in [1.82, 2.24) is 4.98 Å². The highest BCUT2D eigenvalue weighted by atomic mass is 32.1. The molecule has 0 amide bonds. The molecule has 1 aromatic heterocycles. The van der Waals surface area contributed by atoms with Crippen molar-refractivity contribution in [3.63, 3.8) is 0 Å². The van der Waals surface area contributed by atoms with Gasteiger partial charge >= 0.3 is 0 Å². The Balaban J connectivity index is 1.59. The molecule has 0 spiro atoms. The molecular weight excluding hydrogens is 304 g/mol. The van der Waals surface area contributed by atoms with Gasteiger partial charge in [-0.15, -0.1) is 0 Å². The summed E-state index contributed by atoms with van der Waals surface area (Å²) in [6.07, 6.45) is 0. The molecule has 23 heavy (non-hydrogen) atoms. The van der Waals surface area contributed by atoms with Crippen LogP contribution in [0.25, 0.3) is 10.2 Å². The minimum atomic E-state index is 0.818. The first-order valence-electron chi connectivity index (χ1n) is 7.32. The quantitative estimate of drug-likeness (QED) is 0.514. The summed E-state index contributed by atoms with van der Waals surface area (Å²) in [6, 6.07) is 25.8. The van der Waals surface area contributed by atoms with Crippen LogP contribution in [0.2, 0.25) is 0 Å². The summed E-state index contributed by atoms with van der Waals surface area (Å²) in [6.45, 7) is 0. The molecule has 112 valence electrons. The predicted octanol–water partition coefficient (Wildman–Crippen LogP) is 5.83. The number of fused-ring (bicyclic) bond motifs is 1. The Bertz CT molecular complexity index is 880. The molecule has 4 aromatic rings. The van der Waals surface area contributed by atoms with E-state index < -0.39 is 0 Å². The fourth-order valence-corrected chi connectivity index (χ4v) is 3.21. The van der Waals surface area contributed by atoms with Gasteiger partial charge in [0.15, 0.2) is 5.13 Å². The van der Waals surface area contributed by atoms with Gasteiger partial charge in [-0.05, 0) is 36.4 Å². The van der Waals surface area contributed by atoms with E-state index in [1.54, 1.807) is 11.3 Å². The number of aromatic nitrogens is 1. The lowest BCUT2D eigenvalue weighted by Crippen LogP contribution is -1.87. The molecule has 3 nitrogen and oxygen atoms in total. The van der Waals surface area contributed by atoms with E-state index in [2.05, 4.69) is 10.3 Å². The SMILES string of the molecule is c1ccc(Nc2nc3ccc(Oc4ccccc4)cc3s2)cc1. The highest BCUT2D eigenvalue weighted by Gasteiger charge is 2.06. The molecule has 0 aliphatic rings. The minimum Gasteiger partial charge on any atom is -0.457 e. The Morgan fingerprint density at radius 3 is 2.30 bits per heavy atom. The summed E-state index contributed by atoms with van der Waals surface area (Å²) in [5.41, 5.74) is 2.00. The van der Waals surface area contributed by atoms with Gasteiger partial charge in [-0.25, -0.2) is 4.98 Å². The molecular formula is C19H14N2OS. The van der Waals surface area contributed by atoms with Crippen LogP contribution < -0.4 is 10.1 Å². The van der Waals surface area contributed by atoms with Crippen LogP contribution >= 0.6 is 11.3 Å². The number of benzene rings is 3. The standard InChI is InChI=1S/C19H14N2OS/c1-3-7-14(8-4-1)20-19-21-17-12-11-16(13-18(17)23-19)22-15-9-5-2-6-10-15/h1-13H,(H,20,21). The largest absolute Gasteiger partial charge is 0.457 e. The van der Waals surface area contributed by atoms with Gasteiger partial charge in [-0.3, -0.25) is 0 Å². The van der Waals surface area contributed by atoms with Gasteiger partial charge < -0.3 is 10.1 Å². The monoisotopic (exact) mass is 318 g/mol. The van der Waals surface area contributed by atoms with Gasteiger partial charge in [0.05, 0.1) is 10.2 Å². The molecule has 0 bridgehead atoms. The second-order valence-electron chi connectivity index (χ2n) is 5.05. The molecule has 0 fully saturated rings. The maximum Gasteiger partial charge on any atom is 0.188 e. The number of nitrogens with one attached hydrogen (secondary N) is 1. The molecule has 4 heteroatoms. The zero-order valence-corrected chi connectivity index (χ0v) is 13.1. The first-order valence-corrected chi connectivity index (χ1v) is 8.14. The number of rotatable bonds is 4. The lowest BCUT2D eigenvalue weighted by Gasteiger charge is -2.04. The van der Waals surface area contributed by atoms with Crippen LogP contribution in [0.15, 0.2) is 78.9 Å². The topological polar surface area (TPSA) is 34.2 Å². The second kappa shape index (κ2) is 6.10. The third kappa shape index (κ3) is 3.17. The summed E-state index contributed by atoms with van der Waals surface area (Å²) in [5.74, 6) is 1.65. The second-order valence-corrected chi connectivity index (χ2v) is 6.09. The Morgan fingerprint density at radius 2 is 1.52 bits per heavy atom. The van der Waals surface area contributed by atoms with E-state index in [-0.39, 0.29) is 0 Å². The van der Waals surface area contributed by atoms with Gasteiger partial charge in [0.2, 0.25) is 0 Å². The van der Waals surface area contributed by atoms with Crippen LogP contribution in [0.4, 0.5) is 10.8 Å². The summed E-state index contributed by atoms with van der Waals surface area (Å²) >= 11 is 1.61. The van der Waals surface area contributed by atoms with Crippen molar-refractivity contribution in [2.45, 2.75) is 0 Å². The van der Waals surface area contributed by atoms with Crippen molar-refractivity contribution in [2.75, 3.05) is 5.32 Å². The van der Waals surface area contributed by atoms with Crippen LogP contribution in [0, 0.1) is 0 Å². The smallest absolute Gasteiger partial charge is 0.188 e. The van der Waals surface area contributed by atoms with E-state index in [0.717, 1.165) is 32.5 Å². The van der Waals surface area contributed by atoms with E-state index in [1.165, 1.54) is 0 Å². The maximum absolute atomic E-state index is 5.87. The number of hydrogen-bond donors (Lipinski definition) is 1. The van der Waals surface area contributed by atoms with E-state index >= 15 is 0 Å². The Kier molecular flexibility index (Phi) is 3.66. The Morgan fingerprint density at radius 1 is 0.783 bits per heavy atom. The van der Waals surface area contributed by atoms with Crippen molar-refractivity contribution in [3.8, 4) is 11.5 Å². The van der Waals surface area contributed by atoms with E-state index in [4.69, 9.17) is 4.74 Å². The fraction of sp³-hybridized carbons (Fsp3) is 0. The van der Waals surface area contributed by atoms with E-state index in [0.29, 0.717) is 0 Å². The van der Waals surface area contributed by atoms with Crippen molar-refractivity contribution in [2.24, 2.45) is 0 Å². The van der Waals surface area contributed by atoms with Crippen molar-refractivity contribution in [3.05, 3.63) is 78.9 Å². The molecule has 0 unspecified atom stereocenters. The van der Waals surface area contributed by atoms with Crippen molar-refractivity contribution in [1.29, 1.82) is 0 Å². The van der Waals surface area contributed by atoms with E-state index in [9.17, 15) is 0 Å². The summed E-state index contributed by atoms with van der Waals surface area (Å²) in [4.78, 5) is 4.61. The van der Waals surface area contributed by atoms with Gasteiger partial charge in [-0.1, -0.05) is 47.7 Å². The van der Waals surface area contributed by atoms with Gasteiger partial charge in [-0.2, -0.15) is 0 Å². The molecule has 0 aliphatic carbocycles. The molecule has 0 saturated heterocycles. The normalized spacial score (nSPS) is 10.6. The van der Waals surface area contributed by atoms with Crippen LogP contribution in [-0.2, 0) is 0 Å².